The van der Waals surface area contributed by atoms with Gasteiger partial charge in [0.05, 0.1) is 67.5 Å². The maximum absolute atomic E-state index is 14.1. The van der Waals surface area contributed by atoms with Crippen molar-refractivity contribution in [2.45, 2.75) is 104 Å². The predicted octanol–water partition coefficient (Wildman–Crippen LogP) is 0.495. The number of aliphatic carboxylic acids is 3. The summed E-state index contributed by atoms with van der Waals surface area (Å²) in [7, 11) is 1.57. The minimum atomic E-state index is -1.88. The van der Waals surface area contributed by atoms with Gasteiger partial charge in [-0.05, 0) is 70.5 Å². The molecular weight excluding hydrogens is 1180 g/mol. The molecule has 90 heavy (non-hydrogen) atoms. The van der Waals surface area contributed by atoms with E-state index in [-0.39, 0.29) is 78.8 Å². The van der Waals surface area contributed by atoms with E-state index in [1.165, 1.54) is 16.8 Å². The second kappa shape index (κ2) is 30.2. The molecule has 7 rings (SSSR count). The summed E-state index contributed by atoms with van der Waals surface area (Å²) in [5.41, 5.74) is 21.1. The van der Waals surface area contributed by atoms with Crippen LogP contribution < -0.4 is 53.3 Å². The molecule has 0 spiro atoms. The first-order chi connectivity index (χ1) is 42.9. The lowest BCUT2D eigenvalue weighted by molar-refractivity contribution is -0.143. The van der Waals surface area contributed by atoms with E-state index in [9.17, 15) is 58.2 Å². The van der Waals surface area contributed by atoms with Gasteiger partial charge >= 0.3 is 17.9 Å². The Bertz CT molecular complexity index is 3940. The maximum atomic E-state index is 14.1. The molecule has 0 aliphatic carbocycles. The Morgan fingerprint density at radius 2 is 1.26 bits per heavy atom. The quantitative estimate of drug-likeness (QED) is 0.0193. The summed E-state index contributed by atoms with van der Waals surface area (Å²) in [5.74, 6) is -10.2. The molecule has 5 heterocycles. The van der Waals surface area contributed by atoms with Gasteiger partial charge in [-0.25, -0.2) is 15.0 Å². The van der Waals surface area contributed by atoms with Crippen LogP contribution in [-0.2, 0) is 64.5 Å². The number of benzene rings is 2. The molecule has 14 N–H and O–H groups in total. The number of fused-ring (bicyclic) bond motifs is 4. The van der Waals surface area contributed by atoms with E-state index in [1.54, 1.807) is 53.8 Å². The molecule has 33 heteroatoms. The number of hydrogen-bond donors (Lipinski definition) is 11. The van der Waals surface area contributed by atoms with Gasteiger partial charge in [0, 0.05) is 81.0 Å². The number of nitrogens with two attached hydrogens (primary N) is 3. The summed E-state index contributed by atoms with van der Waals surface area (Å²) in [6, 6.07) is 4.28. The first-order valence-corrected chi connectivity index (χ1v) is 28.2. The van der Waals surface area contributed by atoms with Crippen molar-refractivity contribution in [1.82, 2.24) is 64.9 Å². The normalized spacial score (nSPS) is 12.4. The van der Waals surface area contributed by atoms with E-state index < -0.39 is 103 Å². The Labute approximate surface area is 511 Å². The van der Waals surface area contributed by atoms with Gasteiger partial charge in [0.25, 0.3) is 5.91 Å². The van der Waals surface area contributed by atoms with E-state index in [2.05, 4.69) is 36.8 Å². The summed E-state index contributed by atoms with van der Waals surface area (Å²) in [6.07, 6.45) is 3.02. The van der Waals surface area contributed by atoms with Crippen LogP contribution in [-0.4, -0.2) is 176 Å². The monoisotopic (exact) mass is 1250 g/mol. The first kappa shape index (κ1) is 66.7. The third-order valence-corrected chi connectivity index (χ3v) is 13.7. The molecule has 0 unspecified atom stereocenters. The molecule has 7 aromatic rings. The van der Waals surface area contributed by atoms with Crippen molar-refractivity contribution >= 4 is 98.2 Å². The van der Waals surface area contributed by atoms with Crippen LogP contribution in [0.25, 0.3) is 44.5 Å². The molecule has 0 radical (unpaired) electrons. The van der Waals surface area contributed by atoms with Crippen molar-refractivity contribution in [3.8, 4) is 23.0 Å². The summed E-state index contributed by atoms with van der Waals surface area (Å²) in [6.45, 7) is 7.77. The SMILES string of the molecule is CCn1nc(C)cc1C(=O)Nc1nc2cc(C(N)=O)cc(OCCCNC(=O)[C@H](CC(=O)O)NC(=O)[C@H](CC(=O)O)NC(=O)CNC(=O)[C@@H](N)CC(=O)O)c2n1C/C=C/Cn1c2nc(-c3cc(C)nn3CC)ncc2c2cc(C(N)=O)cc(OCCCOC)c21. The second-order valence-electron chi connectivity index (χ2n) is 20.4. The Hall–Kier alpha value is -10.8. The average molecular weight is 1250 g/mol. The van der Waals surface area contributed by atoms with Gasteiger partial charge in [0.1, 0.15) is 46.1 Å². The third kappa shape index (κ3) is 16.6. The summed E-state index contributed by atoms with van der Waals surface area (Å²) < 4.78 is 24.7. The number of nitrogens with zero attached hydrogens (tertiary/aromatic N) is 9. The lowest BCUT2D eigenvalue weighted by Crippen LogP contribution is -2.56. The molecule has 0 saturated carbocycles. The number of allylic oxidation sites excluding steroid dienone is 2. The standard InChI is InChI=1S/C57H69N17O16/c1-6-73-39(18-29(3)69-73)51-62-27-34-33-20-31(49(59)82)22-41(90-17-11-15-88-5)47(33)71(52(34)67-51)13-8-9-14-72-48-36(66-57(72)68-56(87)40-19-30(4)70-74(40)7-2)21-32(50(60)83)23-42(48)89-16-10-12-61-54(85)37(25-45(78)79)65-55(86)38(26-46(80)81)64-43(75)28-63-53(84)35(58)24-44(76)77/h8-9,18-23,27,35,37-38H,6-7,10-17,24-26,28,58H2,1-5H3,(H2,59,82)(H2,60,83)(H,61,85)(H,63,84)(H,64,75)(H,65,86)(H,76,77)(H,78,79)(H,80,81)(H,66,68,87)/b9-8+/t35-,37-,38-/m0/s1. The van der Waals surface area contributed by atoms with Crippen LogP contribution in [0, 0.1) is 13.8 Å². The zero-order valence-electron chi connectivity index (χ0n) is 49.7. The average Bonchev–Trinajstić information content (AvgIpc) is 1.61. The number of amides is 7. The van der Waals surface area contributed by atoms with Crippen molar-refractivity contribution in [2.75, 3.05) is 45.3 Å². The molecule has 5 aromatic heterocycles. The van der Waals surface area contributed by atoms with E-state index in [4.69, 9.17) is 51.5 Å². The van der Waals surface area contributed by atoms with Gasteiger partial charge in [-0.15, -0.1) is 0 Å². The topological polar surface area (TPSA) is 481 Å². The highest BCUT2D eigenvalue weighted by Gasteiger charge is 2.31. The van der Waals surface area contributed by atoms with Crippen LogP contribution >= 0.6 is 0 Å². The number of aryl methyl sites for hydroxylation is 4. The number of imidazole rings is 1. The molecule has 0 saturated heterocycles. The summed E-state index contributed by atoms with van der Waals surface area (Å²) in [5, 5.41) is 49.8. The van der Waals surface area contributed by atoms with E-state index >= 15 is 0 Å². The highest BCUT2D eigenvalue weighted by atomic mass is 16.5. The number of primary amides is 2. The van der Waals surface area contributed by atoms with Crippen LogP contribution in [0.4, 0.5) is 5.95 Å². The smallest absolute Gasteiger partial charge is 0.305 e. The number of hydrogen-bond acceptors (Lipinski definition) is 19. The fourth-order valence-electron chi connectivity index (χ4n) is 9.58. The van der Waals surface area contributed by atoms with Crippen LogP contribution in [0.1, 0.15) is 88.5 Å². The number of carboxylic acid groups (broad SMARTS) is 3. The zero-order chi connectivity index (χ0) is 65.5. The van der Waals surface area contributed by atoms with Gasteiger partial charge in [-0.2, -0.15) is 10.2 Å². The minimum absolute atomic E-state index is 0.00274. The summed E-state index contributed by atoms with van der Waals surface area (Å²) in [4.78, 5) is 140. The van der Waals surface area contributed by atoms with Crippen LogP contribution in [0.15, 0.2) is 54.7 Å². The Morgan fingerprint density at radius 3 is 1.89 bits per heavy atom. The molecule has 0 aliphatic heterocycles. The first-order valence-electron chi connectivity index (χ1n) is 28.2. The van der Waals surface area contributed by atoms with Gasteiger partial charge in [0.15, 0.2) is 5.82 Å². The molecule has 7 amide bonds. The lowest BCUT2D eigenvalue weighted by atomic mass is 10.1. The Kier molecular flexibility index (Phi) is 22.4. The highest BCUT2D eigenvalue weighted by molar-refractivity contribution is 6.12. The highest BCUT2D eigenvalue weighted by Crippen LogP contribution is 2.37. The zero-order valence-corrected chi connectivity index (χ0v) is 49.7. The third-order valence-electron chi connectivity index (χ3n) is 13.7. The van der Waals surface area contributed by atoms with Crippen molar-refractivity contribution in [2.24, 2.45) is 17.2 Å². The number of ether oxygens (including phenoxy) is 3. The number of carboxylic acids is 3. The second-order valence-corrected chi connectivity index (χ2v) is 20.4. The Balaban J connectivity index is 1.17. The van der Waals surface area contributed by atoms with Crippen molar-refractivity contribution in [1.29, 1.82) is 0 Å². The molecule has 0 bridgehead atoms. The molecular formula is C57H69N17O16. The fourth-order valence-corrected chi connectivity index (χ4v) is 9.58. The van der Waals surface area contributed by atoms with Crippen LogP contribution in [0.2, 0.25) is 0 Å². The lowest BCUT2D eigenvalue weighted by Gasteiger charge is -2.22. The number of rotatable bonds is 34. The number of anilines is 1. The van der Waals surface area contributed by atoms with Crippen molar-refractivity contribution < 1.29 is 77.5 Å². The Morgan fingerprint density at radius 1 is 0.656 bits per heavy atom. The van der Waals surface area contributed by atoms with Gasteiger partial charge in [0.2, 0.25) is 41.4 Å². The predicted molar refractivity (Wildman–Crippen MR) is 320 cm³/mol. The minimum Gasteiger partial charge on any atom is -0.491 e. The van der Waals surface area contributed by atoms with Crippen molar-refractivity contribution in [3.05, 3.63) is 83.0 Å². The van der Waals surface area contributed by atoms with Crippen molar-refractivity contribution in [3.63, 3.8) is 0 Å². The number of carbonyl (C=O) groups excluding carboxylic acids is 7. The molecule has 33 nitrogen and oxygen atoms in total. The van der Waals surface area contributed by atoms with Gasteiger partial charge in [-0.1, -0.05) is 12.2 Å². The molecule has 0 aliphatic rings. The number of carbonyl (C=O) groups is 10. The summed E-state index contributed by atoms with van der Waals surface area (Å²) >= 11 is 0. The van der Waals surface area contributed by atoms with Gasteiger partial charge < -0.3 is 77.1 Å². The largest absolute Gasteiger partial charge is 0.491 e. The van der Waals surface area contributed by atoms with E-state index in [0.717, 1.165) is 5.69 Å². The molecule has 2 aromatic carbocycles. The van der Waals surface area contributed by atoms with E-state index in [0.29, 0.717) is 71.0 Å². The number of methoxy groups -OCH3 is 1. The van der Waals surface area contributed by atoms with E-state index in [1.807, 2.05) is 37.5 Å². The van der Waals surface area contributed by atoms with Crippen LogP contribution in [0.3, 0.4) is 0 Å². The maximum Gasteiger partial charge on any atom is 0.305 e. The molecule has 478 valence electrons. The fraction of sp³-hybridized carbons (Fsp3) is 0.386. The number of aromatic nitrogens is 9. The number of nitrogens with one attached hydrogen (secondary N) is 5. The van der Waals surface area contributed by atoms with Gasteiger partial charge in [-0.3, -0.25) is 62.6 Å². The molecule has 3 atom stereocenters. The van der Waals surface area contributed by atoms with Crippen LogP contribution in [0.5, 0.6) is 11.5 Å². The molecule has 0 fully saturated rings.